The monoisotopic (exact) mass is 410 g/mol. The lowest BCUT2D eigenvalue weighted by Gasteiger charge is -2.36. The van der Waals surface area contributed by atoms with Gasteiger partial charge >= 0.3 is 0 Å². The molecule has 0 bridgehead atoms. The van der Waals surface area contributed by atoms with E-state index in [2.05, 4.69) is 5.32 Å². The van der Waals surface area contributed by atoms with Crippen LogP contribution in [0.15, 0.2) is 42.5 Å². The van der Waals surface area contributed by atoms with Gasteiger partial charge in [0.1, 0.15) is 0 Å². The number of ether oxygens (including phenoxy) is 2. The maximum atomic E-state index is 12.8. The molecule has 0 aromatic heterocycles. The van der Waals surface area contributed by atoms with Crippen LogP contribution in [0.3, 0.4) is 0 Å². The summed E-state index contributed by atoms with van der Waals surface area (Å²) in [6, 6.07) is 13.2. The molecule has 0 saturated carbocycles. The smallest absolute Gasteiger partial charge is 0.261 e. The molecule has 2 aromatic carbocycles. The SMILES string of the molecule is COc1cc(C)ccc1OCC(=O)N1CCNCC1c1cccc(Cl)c1.Cl. The molecule has 1 aliphatic heterocycles. The molecule has 5 nitrogen and oxygen atoms in total. The van der Waals surface area contributed by atoms with E-state index in [0.717, 1.165) is 17.7 Å². The number of rotatable bonds is 5. The molecule has 0 radical (unpaired) electrons. The zero-order valence-electron chi connectivity index (χ0n) is 15.4. The Morgan fingerprint density at radius 3 is 2.81 bits per heavy atom. The summed E-state index contributed by atoms with van der Waals surface area (Å²) < 4.78 is 11.1. The predicted octanol–water partition coefficient (Wildman–Crippen LogP) is 3.63. The third kappa shape index (κ3) is 5.28. The van der Waals surface area contributed by atoms with Gasteiger partial charge in [-0.15, -0.1) is 12.4 Å². The Balaban J connectivity index is 0.00000261. The van der Waals surface area contributed by atoms with Crippen LogP contribution in [0.25, 0.3) is 0 Å². The van der Waals surface area contributed by atoms with Crippen molar-refractivity contribution in [3.05, 3.63) is 58.6 Å². The molecule has 27 heavy (non-hydrogen) atoms. The van der Waals surface area contributed by atoms with Crippen molar-refractivity contribution in [3.8, 4) is 11.5 Å². The quantitative estimate of drug-likeness (QED) is 0.817. The molecule has 1 aliphatic rings. The minimum atomic E-state index is -0.0570. The van der Waals surface area contributed by atoms with Crippen LogP contribution < -0.4 is 14.8 Å². The Labute approximate surface area is 171 Å². The summed E-state index contributed by atoms with van der Waals surface area (Å²) in [5.41, 5.74) is 2.09. The van der Waals surface area contributed by atoms with Gasteiger partial charge in [-0.25, -0.2) is 0 Å². The van der Waals surface area contributed by atoms with E-state index in [-0.39, 0.29) is 31.0 Å². The van der Waals surface area contributed by atoms with Crippen molar-refractivity contribution in [1.29, 1.82) is 0 Å². The minimum Gasteiger partial charge on any atom is -0.493 e. The second kappa shape index (κ2) is 9.83. The normalized spacial score (nSPS) is 16.4. The third-order valence-corrected chi connectivity index (χ3v) is 4.70. The summed E-state index contributed by atoms with van der Waals surface area (Å²) in [5.74, 6) is 1.14. The summed E-state index contributed by atoms with van der Waals surface area (Å²) in [6.07, 6.45) is 0. The molecule has 2 aromatic rings. The molecule has 0 spiro atoms. The van der Waals surface area contributed by atoms with E-state index in [1.807, 2.05) is 54.3 Å². The molecule has 3 rings (SSSR count). The highest BCUT2D eigenvalue weighted by Crippen LogP contribution is 2.29. The van der Waals surface area contributed by atoms with Crippen molar-refractivity contribution in [2.24, 2.45) is 0 Å². The first kappa shape index (κ1) is 21.4. The van der Waals surface area contributed by atoms with Crippen molar-refractivity contribution < 1.29 is 14.3 Å². The highest BCUT2D eigenvalue weighted by Gasteiger charge is 2.28. The molecule has 1 fully saturated rings. The molecule has 1 heterocycles. The van der Waals surface area contributed by atoms with Crippen LogP contribution in [-0.4, -0.2) is 44.2 Å². The van der Waals surface area contributed by atoms with Crippen molar-refractivity contribution in [2.75, 3.05) is 33.4 Å². The van der Waals surface area contributed by atoms with E-state index in [1.165, 1.54) is 0 Å². The van der Waals surface area contributed by atoms with E-state index >= 15 is 0 Å². The van der Waals surface area contributed by atoms with Crippen molar-refractivity contribution in [1.82, 2.24) is 10.2 Å². The van der Waals surface area contributed by atoms with E-state index < -0.39 is 0 Å². The van der Waals surface area contributed by atoms with Crippen LogP contribution in [0, 0.1) is 6.92 Å². The van der Waals surface area contributed by atoms with Crippen LogP contribution in [0.4, 0.5) is 0 Å². The lowest BCUT2D eigenvalue weighted by molar-refractivity contribution is -0.136. The Morgan fingerprint density at radius 1 is 1.26 bits per heavy atom. The standard InChI is InChI=1S/C20H23ClN2O3.ClH/c1-14-6-7-18(19(10-14)25-2)26-13-20(24)23-9-8-22-12-17(23)15-4-3-5-16(21)11-15;/h3-7,10-11,17,22H,8-9,12-13H2,1-2H3;1H. The summed E-state index contributed by atoms with van der Waals surface area (Å²) in [5, 5.41) is 4.01. The number of aryl methyl sites for hydroxylation is 1. The number of nitrogens with one attached hydrogen (secondary N) is 1. The number of carbonyl (C=O) groups is 1. The van der Waals surface area contributed by atoms with Gasteiger partial charge in [0.05, 0.1) is 13.2 Å². The zero-order valence-corrected chi connectivity index (χ0v) is 17.0. The molecule has 146 valence electrons. The fourth-order valence-corrected chi connectivity index (χ4v) is 3.33. The van der Waals surface area contributed by atoms with Crippen LogP contribution in [-0.2, 0) is 4.79 Å². The van der Waals surface area contributed by atoms with Crippen LogP contribution in [0.2, 0.25) is 5.02 Å². The Hall–Kier alpha value is -1.95. The number of benzene rings is 2. The molecular weight excluding hydrogens is 387 g/mol. The van der Waals surface area contributed by atoms with Crippen LogP contribution >= 0.6 is 24.0 Å². The van der Waals surface area contributed by atoms with E-state index in [9.17, 15) is 4.79 Å². The van der Waals surface area contributed by atoms with Gasteiger partial charge in [-0.1, -0.05) is 29.8 Å². The first-order chi connectivity index (χ1) is 12.6. The molecule has 1 amide bonds. The lowest BCUT2D eigenvalue weighted by Crippen LogP contribution is -2.50. The van der Waals surface area contributed by atoms with Gasteiger partial charge in [-0.05, 0) is 42.3 Å². The first-order valence-corrected chi connectivity index (χ1v) is 8.99. The Bertz CT molecular complexity index is 786. The number of methoxy groups -OCH3 is 1. The van der Waals surface area contributed by atoms with E-state index in [0.29, 0.717) is 29.6 Å². The Kier molecular flexibility index (Phi) is 7.78. The number of amides is 1. The third-order valence-electron chi connectivity index (χ3n) is 4.47. The number of halogens is 2. The number of piperazine rings is 1. The summed E-state index contributed by atoms with van der Waals surface area (Å²) in [4.78, 5) is 14.7. The predicted molar refractivity (Wildman–Crippen MR) is 109 cm³/mol. The van der Waals surface area contributed by atoms with E-state index in [4.69, 9.17) is 21.1 Å². The highest BCUT2D eigenvalue weighted by atomic mass is 35.5. The van der Waals surface area contributed by atoms with Gasteiger partial charge < -0.3 is 19.7 Å². The number of hydrogen-bond acceptors (Lipinski definition) is 4. The average Bonchev–Trinajstić information content (AvgIpc) is 2.66. The Morgan fingerprint density at radius 2 is 2.07 bits per heavy atom. The van der Waals surface area contributed by atoms with Crippen LogP contribution in [0.5, 0.6) is 11.5 Å². The first-order valence-electron chi connectivity index (χ1n) is 8.61. The largest absolute Gasteiger partial charge is 0.493 e. The van der Waals surface area contributed by atoms with Crippen LogP contribution in [0.1, 0.15) is 17.2 Å². The maximum absolute atomic E-state index is 12.8. The van der Waals surface area contributed by atoms with Gasteiger partial charge in [0.25, 0.3) is 5.91 Å². The van der Waals surface area contributed by atoms with Gasteiger partial charge in [-0.3, -0.25) is 4.79 Å². The topological polar surface area (TPSA) is 50.8 Å². The average molecular weight is 411 g/mol. The molecule has 1 atom stereocenters. The van der Waals surface area contributed by atoms with E-state index in [1.54, 1.807) is 7.11 Å². The number of nitrogens with zero attached hydrogens (tertiary/aromatic N) is 1. The summed E-state index contributed by atoms with van der Waals surface area (Å²) in [7, 11) is 1.59. The highest BCUT2D eigenvalue weighted by molar-refractivity contribution is 6.30. The zero-order chi connectivity index (χ0) is 18.5. The minimum absolute atomic E-state index is 0. The van der Waals surface area contributed by atoms with Crippen molar-refractivity contribution in [2.45, 2.75) is 13.0 Å². The van der Waals surface area contributed by atoms with Gasteiger partial charge in [0, 0.05) is 24.7 Å². The molecule has 1 saturated heterocycles. The van der Waals surface area contributed by atoms with Gasteiger partial charge in [-0.2, -0.15) is 0 Å². The molecule has 1 unspecified atom stereocenters. The number of carbonyl (C=O) groups excluding carboxylic acids is 1. The molecular formula is C20H24Cl2N2O3. The molecule has 0 aliphatic carbocycles. The lowest BCUT2D eigenvalue weighted by atomic mass is 10.0. The van der Waals surface area contributed by atoms with Crippen molar-refractivity contribution >= 4 is 29.9 Å². The second-order valence-electron chi connectivity index (χ2n) is 6.31. The number of hydrogen-bond donors (Lipinski definition) is 1. The summed E-state index contributed by atoms with van der Waals surface area (Å²) >= 11 is 6.12. The molecule has 7 heteroatoms. The van der Waals surface area contributed by atoms with Gasteiger partial charge in [0.2, 0.25) is 0 Å². The fourth-order valence-electron chi connectivity index (χ4n) is 3.13. The van der Waals surface area contributed by atoms with Crippen molar-refractivity contribution in [3.63, 3.8) is 0 Å². The fraction of sp³-hybridized carbons (Fsp3) is 0.350. The maximum Gasteiger partial charge on any atom is 0.261 e. The second-order valence-corrected chi connectivity index (χ2v) is 6.74. The summed E-state index contributed by atoms with van der Waals surface area (Å²) in [6.45, 7) is 4.03. The molecule has 1 N–H and O–H groups in total. The van der Waals surface area contributed by atoms with Gasteiger partial charge in [0.15, 0.2) is 18.1 Å².